The summed E-state index contributed by atoms with van der Waals surface area (Å²) in [5.74, 6) is 0. The molecule has 1 aliphatic carbocycles. The van der Waals surface area contributed by atoms with Gasteiger partial charge in [-0.1, -0.05) is 76.1 Å². The third-order valence-corrected chi connectivity index (χ3v) is 5.96. The van der Waals surface area contributed by atoms with Crippen LogP contribution in [-0.2, 0) is 19.4 Å². The second-order valence-corrected chi connectivity index (χ2v) is 8.32. The first-order chi connectivity index (χ1) is 14.2. The van der Waals surface area contributed by atoms with Crippen LogP contribution in [0, 0.1) is 0 Å². The minimum absolute atomic E-state index is 0.459. The summed E-state index contributed by atoms with van der Waals surface area (Å²) in [6.45, 7) is 14.1. The molecule has 2 aliphatic rings. The highest BCUT2D eigenvalue weighted by Gasteiger charge is 2.31. The van der Waals surface area contributed by atoms with Crippen LogP contribution in [0.25, 0.3) is 5.70 Å². The van der Waals surface area contributed by atoms with Crippen molar-refractivity contribution in [2.75, 3.05) is 0 Å². The van der Waals surface area contributed by atoms with E-state index in [0.29, 0.717) is 6.04 Å². The second kappa shape index (κ2) is 10.4. The Bertz CT molecular complexity index is 822. The van der Waals surface area contributed by atoms with Gasteiger partial charge in [0.2, 0.25) is 0 Å². The molecule has 29 heavy (non-hydrogen) atoms. The maximum absolute atomic E-state index is 4.47. The fraction of sp³-hybridized carbons (Fsp3) is 0.444. The van der Waals surface area contributed by atoms with Crippen LogP contribution in [0.2, 0.25) is 0 Å². The molecule has 1 unspecified atom stereocenters. The average molecular weight is 389 g/mol. The molecule has 2 aromatic rings. The highest BCUT2D eigenvalue weighted by atomic mass is 15.2. The fourth-order valence-corrected chi connectivity index (χ4v) is 4.47. The number of nitrogens with zero attached hydrogens (tertiary/aromatic N) is 2. The normalized spacial score (nSPS) is 18.7. The van der Waals surface area contributed by atoms with Gasteiger partial charge in [-0.3, -0.25) is 4.98 Å². The Morgan fingerprint density at radius 2 is 1.83 bits per heavy atom. The Morgan fingerprint density at radius 1 is 1.00 bits per heavy atom. The van der Waals surface area contributed by atoms with Gasteiger partial charge in [0, 0.05) is 29.7 Å². The fourth-order valence-electron chi connectivity index (χ4n) is 4.47. The van der Waals surface area contributed by atoms with E-state index in [1.54, 1.807) is 0 Å². The smallest absolute Gasteiger partial charge is 0.0503 e. The molecule has 2 heterocycles. The van der Waals surface area contributed by atoms with Crippen LogP contribution in [0.5, 0.6) is 0 Å². The minimum Gasteiger partial charge on any atom is -0.360 e. The molecular weight excluding hydrogens is 352 g/mol. The zero-order chi connectivity index (χ0) is 20.6. The molecule has 0 spiro atoms. The Hall–Kier alpha value is -2.35. The van der Waals surface area contributed by atoms with Crippen LogP contribution in [0.3, 0.4) is 0 Å². The number of hydrogen-bond acceptors (Lipinski definition) is 2. The summed E-state index contributed by atoms with van der Waals surface area (Å²) in [6.07, 6.45) is 11.5. The van der Waals surface area contributed by atoms with E-state index in [1.165, 1.54) is 60.1 Å². The Balaban J connectivity index is 0.000000755. The molecule has 0 bridgehead atoms. The molecule has 1 fully saturated rings. The molecule has 1 atom stereocenters. The Morgan fingerprint density at radius 3 is 2.59 bits per heavy atom. The van der Waals surface area contributed by atoms with E-state index in [9.17, 15) is 0 Å². The van der Waals surface area contributed by atoms with E-state index in [4.69, 9.17) is 0 Å². The second-order valence-electron chi connectivity index (χ2n) is 8.32. The molecule has 2 heteroatoms. The molecule has 0 saturated heterocycles. The molecule has 1 aromatic carbocycles. The lowest BCUT2D eigenvalue weighted by Gasteiger charge is -2.31. The first-order valence-electron chi connectivity index (χ1n) is 11.3. The predicted molar refractivity (Wildman–Crippen MR) is 125 cm³/mol. The van der Waals surface area contributed by atoms with Crippen LogP contribution >= 0.6 is 0 Å². The monoisotopic (exact) mass is 388 g/mol. The summed E-state index contributed by atoms with van der Waals surface area (Å²) >= 11 is 0. The zero-order valence-electron chi connectivity index (χ0n) is 18.3. The molecule has 1 saturated carbocycles. The zero-order valence-corrected chi connectivity index (χ0v) is 18.3. The van der Waals surface area contributed by atoms with Crippen LogP contribution in [0.4, 0.5) is 0 Å². The van der Waals surface area contributed by atoms with Gasteiger partial charge in [0.15, 0.2) is 0 Å². The van der Waals surface area contributed by atoms with Gasteiger partial charge in [0.25, 0.3) is 0 Å². The first kappa shape index (κ1) is 21.4. The number of hydrogen-bond donors (Lipinski definition) is 0. The van der Waals surface area contributed by atoms with Crippen molar-refractivity contribution >= 4 is 5.70 Å². The van der Waals surface area contributed by atoms with E-state index >= 15 is 0 Å². The average Bonchev–Trinajstić information content (AvgIpc) is 2.92. The summed E-state index contributed by atoms with van der Waals surface area (Å²) in [7, 11) is 0. The number of aryl methyl sites for hydroxylation is 2. The SMILES string of the molecule is C=C1CCCCCC1N1Cc2c(CCc3ccccn3)cccc2C1=C.CCC. The molecule has 154 valence electrons. The summed E-state index contributed by atoms with van der Waals surface area (Å²) in [5.41, 5.74) is 7.98. The van der Waals surface area contributed by atoms with Crippen molar-refractivity contribution in [1.29, 1.82) is 0 Å². The summed E-state index contributed by atoms with van der Waals surface area (Å²) < 4.78 is 0. The first-order valence-corrected chi connectivity index (χ1v) is 11.3. The van der Waals surface area contributed by atoms with Crippen molar-refractivity contribution in [3.63, 3.8) is 0 Å². The minimum atomic E-state index is 0.459. The van der Waals surface area contributed by atoms with Crippen LogP contribution in [-0.4, -0.2) is 15.9 Å². The lowest BCUT2D eigenvalue weighted by Crippen LogP contribution is -2.30. The maximum Gasteiger partial charge on any atom is 0.0503 e. The summed E-state index contributed by atoms with van der Waals surface area (Å²) in [5, 5.41) is 0. The number of rotatable bonds is 4. The number of fused-ring (bicyclic) bond motifs is 1. The van der Waals surface area contributed by atoms with Gasteiger partial charge in [-0.05, 0) is 55.4 Å². The number of aromatic nitrogens is 1. The van der Waals surface area contributed by atoms with Crippen LogP contribution in [0.1, 0.15) is 74.8 Å². The van der Waals surface area contributed by atoms with E-state index < -0.39 is 0 Å². The van der Waals surface area contributed by atoms with E-state index in [2.05, 4.69) is 67.2 Å². The topological polar surface area (TPSA) is 16.1 Å². The highest BCUT2D eigenvalue weighted by molar-refractivity contribution is 5.71. The van der Waals surface area contributed by atoms with Crippen molar-refractivity contribution in [2.24, 2.45) is 0 Å². The predicted octanol–water partition coefficient (Wildman–Crippen LogP) is 6.96. The maximum atomic E-state index is 4.47. The molecule has 1 aromatic heterocycles. The molecule has 4 rings (SSSR count). The van der Waals surface area contributed by atoms with Gasteiger partial charge in [0.05, 0.1) is 6.04 Å². The lowest BCUT2D eigenvalue weighted by molar-refractivity contribution is 0.317. The lowest BCUT2D eigenvalue weighted by atomic mass is 9.98. The van der Waals surface area contributed by atoms with Gasteiger partial charge in [-0.25, -0.2) is 0 Å². The van der Waals surface area contributed by atoms with Crippen molar-refractivity contribution in [3.05, 3.63) is 83.7 Å². The van der Waals surface area contributed by atoms with Gasteiger partial charge in [0.1, 0.15) is 0 Å². The van der Waals surface area contributed by atoms with Gasteiger partial charge >= 0.3 is 0 Å². The van der Waals surface area contributed by atoms with E-state index in [1.807, 2.05) is 12.3 Å². The Labute approximate surface area is 177 Å². The number of benzene rings is 1. The van der Waals surface area contributed by atoms with Crippen LogP contribution < -0.4 is 0 Å². The molecule has 1 aliphatic heterocycles. The molecule has 0 N–H and O–H groups in total. The Kier molecular flexibility index (Phi) is 7.69. The largest absolute Gasteiger partial charge is 0.360 e. The summed E-state index contributed by atoms with van der Waals surface area (Å²) in [6, 6.07) is 13.3. The number of pyridine rings is 1. The molecule has 0 radical (unpaired) electrons. The van der Waals surface area contributed by atoms with Crippen molar-refractivity contribution in [2.45, 2.75) is 77.8 Å². The third-order valence-electron chi connectivity index (χ3n) is 5.96. The van der Waals surface area contributed by atoms with Crippen molar-refractivity contribution in [1.82, 2.24) is 9.88 Å². The van der Waals surface area contributed by atoms with E-state index in [-0.39, 0.29) is 0 Å². The third kappa shape index (κ3) is 5.18. The quantitative estimate of drug-likeness (QED) is 0.416. The van der Waals surface area contributed by atoms with Gasteiger partial charge in [-0.15, -0.1) is 0 Å². The highest BCUT2D eigenvalue weighted by Crippen LogP contribution is 2.39. The molecule has 0 amide bonds. The van der Waals surface area contributed by atoms with Crippen molar-refractivity contribution < 1.29 is 0 Å². The molecule has 2 nitrogen and oxygen atoms in total. The van der Waals surface area contributed by atoms with Gasteiger partial charge in [-0.2, -0.15) is 0 Å². The van der Waals surface area contributed by atoms with Gasteiger partial charge < -0.3 is 4.90 Å². The van der Waals surface area contributed by atoms with E-state index in [0.717, 1.165) is 31.5 Å². The van der Waals surface area contributed by atoms with Crippen LogP contribution in [0.15, 0.2) is 61.3 Å². The van der Waals surface area contributed by atoms with Crippen molar-refractivity contribution in [3.8, 4) is 0 Å². The molecular formula is C27H36N2. The summed E-state index contributed by atoms with van der Waals surface area (Å²) in [4.78, 5) is 6.99. The standard InChI is InChI=1S/C24H28N2.C3H8/c1-18-9-4-3-5-13-24(18)26-17-23-20(10-8-12-22(23)19(26)2)14-15-21-11-6-7-16-25-21;1-3-2/h6-8,10-12,16,24H,1-5,9,13-15,17H2;3H2,1-2H3.